The summed E-state index contributed by atoms with van der Waals surface area (Å²) in [7, 11) is 0. The lowest BCUT2D eigenvalue weighted by molar-refractivity contribution is -0.483. The number of nitro groups is 1. The quantitative estimate of drug-likeness (QED) is 0.445. The van der Waals surface area contributed by atoms with Gasteiger partial charge in [-0.1, -0.05) is 18.2 Å². The molecule has 0 aliphatic carbocycles. The average molecular weight is 327 g/mol. The summed E-state index contributed by atoms with van der Waals surface area (Å²) >= 11 is 0. The van der Waals surface area contributed by atoms with Crippen LogP contribution in [0.4, 0.5) is 8.78 Å². The summed E-state index contributed by atoms with van der Waals surface area (Å²) in [5.41, 5.74) is -0.846. The zero-order valence-corrected chi connectivity index (χ0v) is 12.0. The van der Waals surface area contributed by atoms with Crippen molar-refractivity contribution in [2.45, 2.75) is 19.3 Å². The van der Waals surface area contributed by atoms with Gasteiger partial charge in [0.2, 0.25) is 12.5 Å². The second-order valence-electron chi connectivity index (χ2n) is 4.68. The van der Waals surface area contributed by atoms with Crippen molar-refractivity contribution in [2.24, 2.45) is 0 Å². The molecule has 0 unspecified atom stereocenters. The van der Waals surface area contributed by atoms with Gasteiger partial charge in [-0.15, -0.1) is 0 Å². The Kier molecular flexibility index (Phi) is 6.31. The van der Waals surface area contributed by atoms with Gasteiger partial charge < -0.3 is 15.2 Å². The van der Waals surface area contributed by atoms with E-state index in [0.29, 0.717) is 0 Å². The fourth-order valence-corrected chi connectivity index (χ4v) is 1.95. The molecule has 0 heterocycles. The SMILES string of the molecule is CC(=O)N/C(=C\C[C@H](C[N+](=O)[O-])c1cccc(F)c1F)C(=O)[O-]. The van der Waals surface area contributed by atoms with Gasteiger partial charge in [-0.25, -0.2) is 8.78 Å². The minimum atomic E-state index is -1.69. The van der Waals surface area contributed by atoms with Crippen LogP contribution in [0.25, 0.3) is 0 Å². The normalized spacial score (nSPS) is 12.6. The molecule has 9 heteroatoms. The Hall–Kier alpha value is -2.84. The van der Waals surface area contributed by atoms with Crippen molar-refractivity contribution >= 4 is 11.9 Å². The first-order chi connectivity index (χ1) is 10.7. The Morgan fingerprint density at radius 1 is 1.39 bits per heavy atom. The van der Waals surface area contributed by atoms with Crippen molar-refractivity contribution in [3.63, 3.8) is 0 Å². The summed E-state index contributed by atoms with van der Waals surface area (Å²) < 4.78 is 27.0. The number of nitrogens with zero attached hydrogens (tertiary/aromatic N) is 1. The Morgan fingerprint density at radius 3 is 2.57 bits per heavy atom. The van der Waals surface area contributed by atoms with Crippen molar-refractivity contribution in [3.8, 4) is 0 Å². The highest BCUT2D eigenvalue weighted by Crippen LogP contribution is 2.25. The van der Waals surface area contributed by atoms with Gasteiger partial charge in [0.25, 0.3) is 0 Å². The van der Waals surface area contributed by atoms with Crippen LogP contribution in [0.1, 0.15) is 24.8 Å². The number of amides is 1. The van der Waals surface area contributed by atoms with Gasteiger partial charge in [0, 0.05) is 17.4 Å². The van der Waals surface area contributed by atoms with Crippen LogP contribution in [0.15, 0.2) is 30.0 Å². The number of rotatable bonds is 7. The number of hydrogen-bond donors (Lipinski definition) is 1. The van der Waals surface area contributed by atoms with E-state index in [2.05, 4.69) is 0 Å². The van der Waals surface area contributed by atoms with Crippen LogP contribution in [0.2, 0.25) is 0 Å². The zero-order chi connectivity index (χ0) is 17.6. The van der Waals surface area contributed by atoms with Crippen LogP contribution in [0.5, 0.6) is 0 Å². The van der Waals surface area contributed by atoms with E-state index in [1.54, 1.807) is 0 Å². The van der Waals surface area contributed by atoms with E-state index in [-0.39, 0.29) is 12.0 Å². The second-order valence-corrected chi connectivity index (χ2v) is 4.68. The molecule has 1 aromatic rings. The molecule has 0 radical (unpaired) electrons. The summed E-state index contributed by atoms with van der Waals surface area (Å²) in [6, 6.07) is 3.23. The summed E-state index contributed by atoms with van der Waals surface area (Å²) in [5.74, 6) is -5.88. The lowest BCUT2D eigenvalue weighted by atomic mass is 9.94. The van der Waals surface area contributed by atoms with Crippen molar-refractivity contribution in [1.29, 1.82) is 0 Å². The summed E-state index contributed by atoms with van der Waals surface area (Å²) in [6.45, 7) is 0.328. The van der Waals surface area contributed by atoms with Gasteiger partial charge in [-0.2, -0.15) is 0 Å². The Bertz CT molecular complexity index is 661. The van der Waals surface area contributed by atoms with E-state index in [1.165, 1.54) is 12.1 Å². The molecule has 1 aromatic carbocycles. The number of carbonyl (C=O) groups excluding carboxylic acids is 2. The molecule has 124 valence electrons. The molecular formula is C14H13F2N2O5-. The van der Waals surface area contributed by atoms with Gasteiger partial charge in [0.1, 0.15) is 0 Å². The van der Waals surface area contributed by atoms with Gasteiger partial charge in [0.05, 0.1) is 17.6 Å². The van der Waals surface area contributed by atoms with Gasteiger partial charge >= 0.3 is 0 Å². The number of benzene rings is 1. The predicted octanol–water partition coefficient (Wildman–Crippen LogP) is 0.485. The number of aliphatic carboxylic acids is 1. The third-order valence-electron chi connectivity index (χ3n) is 2.93. The van der Waals surface area contributed by atoms with E-state index in [4.69, 9.17) is 0 Å². The van der Waals surface area contributed by atoms with Gasteiger partial charge in [-0.05, 0) is 12.5 Å². The minimum absolute atomic E-state index is 0.251. The number of carboxylic acids is 1. The number of halogens is 2. The standard InChI is InChI=1S/C14H14F2N2O5/c1-8(19)17-12(14(20)21)6-5-9(7-18(22)23)10-3-2-4-11(15)13(10)16/h2-4,6,9H,5,7H2,1H3,(H,17,19)(H,20,21)/p-1/b12-6-/t9-/m1/s1. The summed E-state index contributed by atoms with van der Waals surface area (Å²) in [4.78, 5) is 31.7. The van der Waals surface area contributed by atoms with Crippen molar-refractivity contribution in [1.82, 2.24) is 5.32 Å². The van der Waals surface area contributed by atoms with Crippen LogP contribution in [-0.2, 0) is 9.59 Å². The fraction of sp³-hybridized carbons (Fsp3) is 0.286. The first-order valence-electron chi connectivity index (χ1n) is 6.47. The highest BCUT2D eigenvalue weighted by atomic mass is 19.2. The van der Waals surface area contributed by atoms with Crippen LogP contribution >= 0.6 is 0 Å². The summed E-state index contributed by atoms with van der Waals surface area (Å²) in [6.07, 6.45) is 0.667. The van der Waals surface area contributed by atoms with E-state index < -0.39 is 46.6 Å². The Labute approximate surface area is 129 Å². The van der Waals surface area contributed by atoms with Crippen molar-refractivity contribution < 1.29 is 28.4 Å². The maximum atomic E-state index is 13.8. The predicted molar refractivity (Wildman–Crippen MR) is 72.5 cm³/mol. The molecule has 1 rings (SSSR count). The molecule has 0 spiro atoms. The Morgan fingerprint density at radius 2 is 2.04 bits per heavy atom. The van der Waals surface area contributed by atoms with E-state index in [9.17, 15) is 33.6 Å². The largest absolute Gasteiger partial charge is 0.543 e. The van der Waals surface area contributed by atoms with Gasteiger partial charge in [-0.3, -0.25) is 14.9 Å². The van der Waals surface area contributed by atoms with Crippen molar-refractivity contribution in [3.05, 3.63) is 57.3 Å². The third kappa shape index (κ3) is 5.46. The third-order valence-corrected chi connectivity index (χ3v) is 2.93. The molecule has 0 saturated heterocycles. The molecule has 0 fully saturated rings. The number of nitrogens with one attached hydrogen (secondary N) is 1. The molecule has 1 atom stereocenters. The lowest BCUT2D eigenvalue weighted by Gasteiger charge is -2.14. The van der Waals surface area contributed by atoms with Gasteiger partial charge in [0.15, 0.2) is 11.6 Å². The fourth-order valence-electron chi connectivity index (χ4n) is 1.95. The molecular weight excluding hydrogens is 314 g/mol. The summed E-state index contributed by atoms with van der Waals surface area (Å²) in [5, 5.41) is 23.6. The molecule has 0 aliphatic rings. The molecule has 0 aliphatic heterocycles. The molecule has 0 bridgehead atoms. The average Bonchev–Trinajstić information content (AvgIpc) is 2.44. The smallest absolute Gasteiger partial charge is 0.221 e. The molecule has 1 amide bonds. The monoisotopic (exact) mass is 327 g/mol. The molecule has 1 N–H and O–H groups in total. The zero-order valence-electron chi connectivity index (χ0n) is 12.0. The number of allylic oxidation sites excluding steroid dienone is 1. The number of hydrogen-bond acceptors (Lipinski definition) is 5. The van der Waals surface area contributed by atoms with Crippen LogP contribution in [0.3, 0.4) is 0 Å². The maximum absolute atomic E-state index is 13.8. The molecule has 7 nitrogen and oxygen atoms in total. The first-order valence-corrected chi connectivity index (χ1v) is 6.47. The Balaban J connectivity index is 3.12. The van der Waals surface area contributed by atoms with E-state index in [1.807, 2.05) is 5.32 Å². The van der Waals surface area contributed by atoms with Crippen LogP contribution < -0.4 is 10.4 Å². The number of carbonyl (C=O) groups is 2. The van der Waals surface area contributed by atoms with E-state index >= 15 is 0 Å². The highest BCUT2D eigenvalue weighted by Gasteiger charge is 2.22. The molecule has 0 saturated carbocycles. The second kappa shape index (κ2) is 7.97. The van der Waals surface area contributed by atoms with Crippen LogP contribution in [-0.4, -0.2) is 23.3 Å². The van der Waals surface area contributed by atoms with Crippen LogP contribution in [0, 0.1) is 21.7 Å². The molecule has 0 aromatic heterocycles. The lowest BCUT2D eigenvalue weighted by Crippen LogP contribution is -2.34. The topological polar surface area (TPSA) is 112 Å². The minimum Gasteiger partial charge on any atom is -0.543 e. The van der Waals surface area contributed by atoms with E-state index in [0.717, 1.165) is 19.1 Å². The maximum Gasteiger partial charge on any atom is 0.221 e. The number of carboxylic acid groups (broad SMARTS) is 1. The first kappa shape index (κ1) is 18.2. The van der Waals surface area contributed by atoms with Crippen molar-refractivity contribution in [2.75, 3.05) is 6.54 Å². The molecule has 23 heavy (non-hydrogen) atoms. The highest BCUT2D eigenvalue weighted by molar-refractivity contribution is 5.90.